The maximum Gasteiger partial charge on any atom is 0.0638 e. The van der Waals surface area contributed by atoms with Crippen LogP contribution >= 0.6 is 0 Å². The van der Waals surface area contributed by atoms with Gasteiger partial charge in [-0.05, 0) is 26.3 Å². The molecule has 0 aliphatic carbocycles. The molecule has 1 rings (SSSR count). The zero-order chi connectivity index (χ0) is 12.1. The molecule has 96 valence electrons. The molecule has 0 spiro atoms. The Labute approximate surface area is 99.0 Å². The maximum absolute atomic E-state index is 9.24. The quantitative estimate of drug-likeness (QED) is 0.713. The summed E-state index contributed by atoms with van der Waals surface area (Å²) in [6.07, 6.45) is 1.14. The van der Waals surface area contributed by atoms with Crippen molar-refractivity contribution in [3.8, 4) is 0 Å². The van der Waals surface area contributed by atoms with Crippen LogP contribution in [0.15, 0.2) is 0 Å². The molecule has 1 aliphatic rings. The van der Waals surface area contributed by atoms with Crippen molar-refractivity contribution >= 4 is 0 Å². The number of methoxy groups -OCH3 is 1. The zero-order valence-corrected chi connectivity index (χ0v) is 10.9. The number of hydrogen-bond acceptors (Lipinski definition) is 4. The topological polar surface area (TPSA) is 44.7 Å². The molecule has 16 heavy (non-hydrogen) atoms. The minimum Gasteiger partial charge on any atom is -0.395 e. The van der Waals surface area contributed by atoms with Gasteiger partial charge in [0.25, 0.3) is 0 Å². The first-order valence-corrected chi connectivity index (χ1v) is 6.14. The fourth-order valence-corrected chi connectivity index (χ4v) is 2.43. The van der Waals surface area contributed by atoms with Gasteiger partial charge in [-0.1, -0.05) is 6.92 Å². The second-order valence-electron chi connectivity index (χ2n) is 5.11. The van der Waals surface area contributed by atoms with Gasteiger partial charge in [0.1, 0.15) is 0 Å². The lowest BCUT2D eigenvalue weighted by Gasteiger charge is -2.41. The maximum atomic E-state index is 9.24. The van der Waals surface area contributed by atoms with Crippen LogP contribution in [0.3, 0.4) is 0 Å². The molecule has 1 heterocycles. The monoisotopic (exact) mass is 230 g/mol. The molecule has 0 aromatic rings. The van der Waals surface area contributed by atoms with Crippen molar-refractivity contribution in [3.63, 3.8) is 0 Å². The van der Waals surface area contributed by atoms with Gasteiger partial charge in [-0.15, -0.1) is 0 Å². The first-order chi connectivity index (χ1) is 7.58. The van der Waals surface area contributed by atoms with E-state index in [-0.39, 0.29) is 12.6 Å². The smallest absolute Gasteiger partial charge is 0.0638 e. The number of nitrogens with zero attached hydrogens (tertiary/aromatic N) is 1. The number of ether oxygens (including phenoxy) is 1. The molecule has 4 unspecified atom stereocenters. The fourth-order valence-electron chi connectivity index (χ4n) is 2.43. The molecule has 0 aromatic carbocycles. The predicted molar refractivity (Wildman–Crippen MR) is 65.5 cm³/mol. The van der Waals surface area contributed by atoms with Crippen LogP contribution in [0.5, 0.6) is 0 Å². The number of likely N-dealkylation sites (tertiary alicyclic amines) is 1. The lowest BCUT2D eigenvalue weighted by atomic mass is 9.89. The number of hydrogen-bond donors (Lipinski definition) is 2. The van der Waals surface area contributed by atoms with Crippen molar-refractivity contribution in [2.45, 2.75) is 38.4 Å². The van der Waals surface area contributed by atoms with E-state index in [0.29, 0.717) is 24.6 Å². The summed E-state index contributed by atoms with van der Waals surface area (Å²) in [5.74, 6) is 0.618. The van der Waals surface area contributed by atoms with Gasteiger partial charge in [-0.2, -0.15) is 0 Å². The third-order valence-corrected chi connectivity index (χ3v) is 3.65. The van der Waals surface area contributed by atoms with Crippen LogP contribution in [-0.2, 0) is 4.74 Å². The van der Waals surface area contributed by atoms with Crippen molar-refractivity contribution in [2.24, 2.45) is 5.92 Å². The van der Waals surface area contributed by atoms with E-state index in [0.717, 1.165) is 13.0 Å². The minimum absolute atomic E-state index is 0.0630. The molecule has 4 nitrogen and oxygen atoms in total. The van der Waals surface area contributed by atoms with Gasteiger partial charge in [0.05, 0.1) is 19.3 Å². The molecule has 4 heteroatoms. The molecule has 0 amide bonds. The van der Waals surface area contributed by atoms with Gasteiger partial charge in [0, 0.05) is 25.7 Å². The van der Waals surface area contributed by atoms with E-state index in [4.69, 9.17) is 4.74 Å². The van der Waals surface area contributed by atoms with E-state index in [1.54, 1.807) is 7.11 Å². The van der Waals surface area contributed by atoms with Crippen molar-refractivity contribution in [2.75, 3.05) is 33.9 Å². The van der Waals surface area contributed by atoms with E-state index in [1.807, 2.05) is 0 Å². The van der Waals surface area contributed by atoms with E-state index < -0.39 is 0 Å². The lowest BCUT2D eigenvalue weighted by molar-refractivity contribution is 0.0807. The molecule has 0 bridgehead atoms. The van der Waals surface area contributed by atoms with E-state index >= 15 is 0 Å². The second-order valence-corrected chi connectivity index (χ2v) is 5.11. The number of nitrogens with one attached hydrogen (secondary N) is 1. The van der Waals surface area contributed by atoms with E-state index in [1.165, 1.54) is 0 Å². The summed E-state index contributed by atoms with van der Waals surface area (Å²) in [6.45, 7) is 6.35. The number of rotatable bonds is 5. The van der Waals surface area contributed by atoms with Crippen molar-refractivity contribution in [3.05, 3.63) is 0 Å². The first kappa shape index (κ1) is 13.9. The summed E-state index contributed by atoms with van der Waals surface area (Å²) in [7, 11) is 3.85. The van der Waals surface area contributed by atoms with Crippen LogP contribution in [0.1, 0.15) is 20.3 Å². The Morgan fingerprint density at radius 2 is 2.19 bits per heavy atom. The average molecular weight is 230 g/mol. The summed E-state index contributed by atoms with van der Waals surface area (Å²) in [6, 6.07) is 1.15. The van der Waals surface area contributed by atoms with Crippen LogP contribution in [0.4, 0.5) is 0 Å². The molecule has 1 saturated heterocycles. The van der Waals surface area contributed by atoms with Gasteiger partial charge < -0.3 is 20.1 Å². The molecule has 1 aliphatic heterocycles. The van der Waals surface area contributed by atoms with Crippen LogP contribution in [0.25, 0.3) is 0 Å². The zero-order valence-electron chi connectivity index (χ0n) is 10.9. The molecule has 0 radical (unpaired) electrons. The summed E-state index contributed by atoms with van der Waals surface area (Å²) < 4.78 is 5.09. The van der Waals surface area contributed by atoms with Crippen LogP contribution < -0.4 is 5.32 Å². The highest BCUT2D eigenvalue weighted by molar-refractivity contribution is 4.88. The van der Waals surface area contributed by atoms with Gasteiger partial charge in [-0.3, -0.25) is 0 Å². The minimum atomic E-state index is 0.0630. The SMILES string of the molecule is COCC(CO)NC1CC(C)N(C)CC1C. The Hall–Kier alpha value is -0.160. The third-order valence-electron chi connectivity index (χ3n) is 3.65. The Balaban J connectivity index is 2.45. The molecule has 0 saturated carbocycles. The normalized spacial score (nSPS) is 33.9. The summed E-state index contributed by atoms with van der Waals surface area (Å²) in [5, 5.41) is 12.7. The van der Waals surface area contributed by atoms with Crippen LogP contribution in [0.2, 0.25) is 0 Å². The van der Waals surface area contributed by atoms with Crippen LogP contribution in [0, 0.1) is 5.92 Å². The third kappa shape index (κ3) is 3.70. The summed E-state index contributed by atoms with van der Waals surface area (Å²) >= 11 is 0. The van der Waals surface area contributed by atoms with Gasteiger partial charge in [0.15, 0.2) is 0 Å². The largest absolute Gasteiger partial charge is 0.395 e. The molecule has 4 atom stereocenters. The number of piperidine rings is 1. The Morgan fingerprint density at radius 3 is 2.75 bits per heavy atom. The van der Waals surface area contributed by atoms with Crippen LogP contribution in [-0.4, -0.2) is 62.0 Å². The predicted octanol–water partition coefficient (Wildman–Crippen LogP) is 0.312. The highest BCUT2D eigenvalue weighted by Gasteiger charge is 2.29. The Bertz CT molecular complexity index is 201. The Morgan fingerprint density at radius 1 is 1.50 bits per heavy atom. The summed E-state index contributed by atoms with van der Waals surface area (Å²) in [4.78, 5) is 2.40. The molecular weight excluding hydrogens is 204 g/mol. The molecule has 2 N–H and O–H groups in total. The lowest BCUT2D eigenvalue weighted by Crippen LogP contribution is -2.54. The number of aliphatic hydroxyl groups is 1. The molecular formula is C12H26N2O2. The highest BCUT2D eigenvalue weighted by atomic mass is 16.5. The van der Waals surface area contributed by atoms with Gasteiger partial charge >= 0.3 is 0 Å². The second kappa shape index (κ2) is 6.55. The van der Waals surface area contributed by atoms with Crippen molar-refractivity contribution in [1.82, 2.24) is 10.2 Å². The first-order valence-electron chi connectivity index (χ1n) is 6.14. The van der Waals surface area contributed by atoms with Gasteiger partial charge in [0.2, 0.25) is 0 Å². The molecule has 0 aromatic heterocycles. The van der Waals surface area contributed by atoms with Crippen molar-refractivity contribution in [1.29, 1.82) is 0 Å². The average Bonchev–Trinajstić information content (AvgIpc) is 2.25. The van der Waals surface area contributed by atoms with Gasteiger partial charge in [-0.25, -0.2) is 0 Å². The highest BCUT2D eigenvalue weighted by Crippen LogP contribution is 2.21. The number of aliphatic hydroxyl groups excluding tert-OH is 1. The fraction of sp³-hybridized carbons (Fsp3) is 1.00. The summed E-state index contributed by atoms with van der Waals surface area (Å²) in [5.41, 5.74) is 0. The molecule has 1 fully saturated rings. The van der Waals surface area contributed by atoms with E-state index in [2.05, 4.69) is 31.1 Å². The Kier molecular flexibility index (Phi) is 5.69. The van der Waals surface area contributed by atoms with E-state index in [9.17, 15) is 5.11 Å². The standard InChI is InChI=1S/C12H26N2O2/c1-9-6-14(3)10(2)5-12(9)13-11(7-15)8-16-4/h9-13,15H,5-8H2,1-4H3. The van der Waals surface area contributed by atoms with Crippen molar-refractivity contribution < 1.29 is 9.84 Å².